The zero-order valence-corrected chi connectivity index (χ0v) is 11.8. The zero-order chi connectivity index (χ0) is 13.9. The van der Waals surface area contributed by atoms with Gasteiger partial charge in [-0.25, -0.2) is 4.98 Å². The smallest absolute Gasteiger partial charge is 0.180 e. The predicted octanol–water partition coefficient (Wildman–Crippen LogP) is 4.59. The molecule has 102 valence electrons. The first-order valence-corrected chi connectivity index (χ1v) is 6.80. The van der Waals surface area contributed by atoms with E-state index in [1.165, 1.54) is 17.3 Å². The second kappa shape index (κ2) is 5.65. The summed E-state index contributed by atoms with van der Waals surface area (Å²) < 4.78 is 10.5. The van der Waals surface area contributed by atoms with Crippen molar-refractivity contribution in [3.63, 3.8) is 0 Å². The summed E-state index contributed by atoms with van der Waals surface area (Å²) in [6.07, 6.45) is 2.92. The number of nitrogens with zero attached hydrogens (tertiary/aromatic N) is 1. The second-order valence-corrected chi connectivity index (χ2v) is 5.06. The van der Waals surface area contributed by atoms with E-state index in [1.54, 1.807) is 6.26 Å². The minimum absolute atomic E-state index is 0.330. The lowest BCUT2D eigenvalue weighted by Crippen LogP contribution is -1.98. The lowest BCUT2D eigenvalue weighted by atomic mass is 10.0. The van der Waals surface area contributed by atoms with Gasteiger partial charge in [0.25, 0.3) is 0 Å². The number of rotatable bonds is 4. The minimum Gasteiger partial charge on any atom is -0.451 e. The van der Waals surface area contributed by atoms with Gasteiger partial charge in [0.1, 0.15) is 12.0 Å². The first kappa shape index (κ1) is 13.2. The Bertz CT molecular complexity index is 710. The number of benzene rings is 2. The van der Waals surface area contributed by atoms with Crippen LogP contribution in [-0.4, -0.2) is 4.98 Å². The van der Waals surface area contributed by atoms with Gasteiger partial charge in [-0.2, -0.15) is 0 Å². The van der Waals surface area contributed by atoms with E-state index in [2.05, 4.69) is 36.2 Å². The molecular weight excluding hydrogens is 274 g/mol. The fourth-order valence-corrected chi connectivity index (χ4v) is 2.37. The summed E-state index contributed by atoms with van der Waals surface area (Å²) in [5, 5.41) is 2.40. The molecule has 0 bridgehead atoms. The van der Waals surface area contributed by atoms with Gasteiger partial charge in [-0.1, -0.05) is 41.9 Å². The molecule has 0 N–H and O–H groups in total. The van der Waals surface area contributed by atoms with Crippen molar-refractivity contribution in [1.29, 1.82) is 0 Å². The van der Waals surface area contributed by atoms with E-state index in [4.69, 9.17) is 20.8 Å². The Labute approximate surface area is 122 Å². The molecule has 2 aromatic carbocycles. The van der Waals surface area contributed by atoms with Crippen molar-refractivity contribution in [2.45, 2.75) is 19.1 Å². The average Bonchev–Trinajstić information content (AvgIpc) is 2.98. The van der Waals surface area contributed by atoms with Crippen LogP contribution in [0.3, 0.4) is 0 Å². The van der Waals surface area contributed by atoms with Crippen LogP contribution in [0.2, 0.25) is 0 Å². The highest BCUT2D eigenvalue weighted by Crippen LogP contribution is 2.27. The molecule has 1 heterocycles. The molecular formula is C16H14ClNO2. The van der Waals surface area contributed by atoms with Gasteiger partial charge in [-0.05, 0) is 34.9 Å². The molecule has 3 aromatic rings. The first-order chi connectivity index (χ1) is 9.74. The zero-order valence-electron chi connectivity index (χ0n) is 11.0. The highest BCUT2D eigenvalue weighted by atomic mass is 35.5. The highest BCUT2D eigenvalue weighted by molar-refractivity contribution is 6.20. The molecule has 0 aliphatic heterocycles. The fraction of sp³-hybridized carbons (Fsp3) is 0.188. The van der Waals surface area contributed by atoms with Crippen LogP contribution in [0.4, 0.5) is 0 Å². The van der Waals surface area contributed by atoms with Crippen molar-refractivity contribution in [3.8, 4) is 0 Å². The summed E-state index contributed by atoms with van der Waals surface area (Å²) in [7, 11) is 0. The summed E-state index contributed by atoms with van der Waals surface area (Å²) in [4.78, 5) is 3.99. The number of alkyl halides is 1. The van der Waals surface area contributed by atoms with Crippen LogP contribution in [0.15, 0.2) is 53.5 Å². The molecule has 1 atom stereocenters. The van der Waals surface area contributed by atoms with Gasteiger partial charge in [0.2, 0.25) is 0 Å². The predicted molar refractivity (Wildman–Crippen MR) is 78.6 cm³/mol. The molecule has 4 heteroatoms. The SMILES string of the molecule is Cc1cccc2cc(C(Cl)OCc3cocn3)ccc12. The normalized spacial score (nSPS) is 12.7. The minimum atomic E-state index is -0.503. The van der Waals surface area contributed by atoms with Gasteiger partial charge in [0, 0.05) is 0 Å². The largest absolute Gasteiger partial charge is 0.451 e. The Morgan fingerprint density at radius 2 is 2.20 bits per heavy atom. The van der Waals surface area contributed by atoms with E-state index in [0.717, 1.165) is 16.6 Å². The Balaban J connectivity index is 1.79. The third-order valence-corrected chi connectivity index (χ3v) is 3.62. The quantitative estimate of drug-likeness (QED) is 0.658. The average molecular weight is 288 g/mol. The molecule has 3 nitrogen and oxygen atoms in total. The van der Waals surface area contributed by atoms with Crippen molar-refractivity contribution < 1.29 is 9.15 Å². The molecule has 0 saturated heterocycles. The number of aryl methyl sites for hydroxylation is 1. The van der Waals surface area contributed by atoms with E-state index < -0.39 is 5.56 Å². The molecule has 0 aliphatic carbocycles. The molecule has 0 radical (unpaired) electrons. The molecule has 3 rings (SSSR count). The van der Waals surface area contributed by atoms with Crippen LogP contribution in [-0.2, 0) is 11.3 Å². The van der Waals surface area contributed by atoms with Gasteiger partial charge in [0.05, 0.1) is 6.61 Å². The van der Waals surface area contributed by atoms with Gasteiger partial charge >= 0.3 is 0 Å². The number of oxazole rings is 1. The van der Waals surface area contributed by atoms with Crippen molar-refractivity contribution in [3.05, 3.63) is 65.9 Å². The number of hydrogen-bond acceptors (Lipinski definition) is 3. The van der Waals surface area contributed by atoms with Crippen molar-refractivity contribution in [2.24, 2.45) is 0 Å². The number of halogens is 1. The second-order valence-electron chi connectivity index (χ2n) is 4.66. The molecule has 0 aliphatic rings. The lowest BCUT2D eigenvalue weighted by molar-refractivity contribution is 0.0919. The van der Waals surface area contributed by atoms with E-state index >= 15 is 0 Å². The summed E-state index contributed by atoms with van der Waals surface area (Å²) in [5.74, 6) is 0. The van der Waals surface area contributed by atoms with Crippen LogP contribution >= 0.6 is 11.6 Å². The molecule has 20 heavy (non-hydrogen) atoms. The Kier molecular flexibility index (Phi) is 3.72. The summed E-state index contributed by atoms with van der Waals surface area (Å²) in [5.41, 5.74) is 2.42. The highest BCUT2D eigenvalue weighted by Gasteiger charge is 2.10. The lowest BCUT2D eigenvalue weighted by Gasteiger charge is -2.12. The van der Waals surface area contributed by atoms with Crippen LogP contribution in [0.5, 0.6) is 0 Å². The molecule has 1 unspecified atom stereocenters. The standard InChI is InChI=1S/C16H14ClNO2/c1-11-3-2-4-12-7-13(5-6-15(11)12)16(17)20-9-14-8-19-10-18-14/h2-8,10,16H,9H2,1H3. The van der Waals surface area contributed by atoms with Crippen LogP contribution in [0.25, 0.3) is 10.8 Å². The molecule has 0 fully saturated rings. The van der Waals surface area contributed by atoms with Crippen molar-refractivity contribution >= 4 is 22.4 Å². The maximum absolute atomic E-state index is 6.28. The van der Waals surface area contributed by atoms with Crippen LogP contribution in [0, 0.1) is 6.92 Å². The Morgan fingerprint density at radius 1 is 1.30 bits per heavy atom. The first-order valence-electron chi connectivity index (χ1n) is 6.36. The van der Waals surface area contributed by atoms with E-state index in [1.807, 2.05) is 12.1 Å². The number of hydrogen-bond donors (Lipinski definition) is 0. The van der Waals surface area contributed by atoms with Crippen molar-refractivity contribution in [2.75, 3.05) is 0 Å². The molecule has 0 spiro atoms. The van der Waals surface area contributed by atoms with E-state index in [-0.39, 0.29) is 0 Å². The maximum Gasteiger partial charge on any atom is 0.180 e. The fourth-order valence-electron chi connectivity index (χ4n) is 2.17. The summed E-state index contributed by atoms with van der Waals surface area (Å²) >= 11 is 6.28. The molecule has 1 aromatic heterocycles. The van der Waals surface area contributed by atoms with E-state index in [0.29, 0.717) is 6.61 Å². The van der Waals surface area contributed by atoms with Gasteiger partial charge in [-0.15, -0.1) is 0 Å². The Morgan fingerprint density at radius 3 is 3.00 bits per heavy atom. The van der Waals surface area contributed by atoms with Crippen LogP contribution in [0.1, 0.15) is 22.4 Å². The molecule has 0 amide bonds. The van der Waals surface area contributed by atoms with Gasteiger partial charge in [0.15, 0.2) is 12.0 Å². The molecule has 0 saturated carbocycles. The summed E-state index contributed by atoms with van der Waals surface area (Å²) in [6, 6.07) is 12.3. The van der Waals surface area contributed by atoms with Gasteiger partial charge in [-0.3, -0.25) is 0 Å². The number of ether oxygens (including phenoxy) is 1. The topological polar surface area (TPSA) is 35.3 Å². The van der Waals surface area contributed by atoms with Crippen LogP contribution < -0.4 is 0 Å². The summed E-state index contributed by atoms with van der Waals surface area (Å²) in [6.45, 7) is 2.43. The number of aromatic nitrogens is 1. The Hall–Kier alpha value is -1.84. The van der Waals surface area contributed by atoms with Gasteiger partial charge < -0.3 is 9.15 Å². The third kappa shape index (κ3) is 2.69. The van der Waals surface area contributed by atoms with E-state index in [9.17, 15) is 0 Å². The third-order valence-electron chi connectivity index (χ3n) is 3.25. The van der Waals surface area contributed by atoms with Crippen molar-refractivity contribution in [1.82, 2.24) is 4.98 Å². The maximum atomic E-state index is 6.28. The number of fused-ring (bicyclic) bond motifs is 1. The monoisotopic (exact) mass is 287 g/mol.